The number of aromatic nitrogens is 2. The molecule has 0 saturated carbocycles. The van der Waals surface area contributed by atoms with Crippen molar-refractivity contribution in [3.63, 3.8) is 0 Å². The molecule has 1 fully saturated rings. The van der Waals surface area contributed by atoms with Gasteiger partial charge in [-0.15, -0.1) is 11.3 Å². The van der Waals surface area contributed by atoms with E-state index in [2.05, 4.69) is 63.1 Å². The summed E-state index contributed by atoms with van der Waals surface area (Å²) >= 11 is 1.53. The van der Waals surface area contributed by atoms with Crippen molar-refractivity contribution in [3.05, 3.63) is 47.3 Å². The number of anilines is 3. The van der Waals surface area contributed by atoms with Gasteiger partial charge in [-0.05, 0) is 56.3 Å². The Morgan fingerprint density at radius 1 is 1.22 bits per heavy atom. The third kappa shape index (κ3) is 3.97. The number of piperidine rings is 1. The molecule has 0 radical (unpaired) electrons. The Kier molecular flexibility index (Phi) is 5.10. The van der Waals surface area contributed by atoms with E-state index in [0.717, 1.165) is 35.2 Å². The van der Waals surface area contributed by atoms with Gasteiger partial charge in [0.05, 0.1) is 16.1 Å². The number of hydrogen-bond donors (Lipinski definition) is 3. The van der Waals surface area contributed by atoms with Crippen LogP contribution in [0.25, 0.3) is 10.6 Å². The first-order valence-electron chi connectivity index (χ1n) is 9.08. The van der Waals surface area contributed by atoms with E-state index in [4.69, 9.17) is 5.26 Å². The number of nitriles is 1. The Bertz CT molecular complexity index is 930. The van der Waals surface area contributed by atoms with E-state index in [1.165, 1.54) is 29.9 Å². The lowest BCUT2D eigenvalue weighted by Gasteiger charge is -2.33. The first kappa shape index (κ1) is 17.6. The van der Waals surface area contributed by atoms with Crippen molar-refractivity contribution in [3.8, 4) is 16.6 Å². The van der Waals surface area contributed by atoms with Gasteiger partial charge >= 0.3 is 0 Å². The number of nitrogens with zero attached hydrogens (tertiary/aromatic N) is 3. The lowest BCUT2D eigenvalue weighted by Crippen LogP contribution is -2.41. The van der Waals surface area contributed by atoms with Crippen LogP contribution in [0.1, 0.15) is 18.4 Å². The molecule has 0 atom stereocenters. The summed E-state index contributed by atoms with van der Waals surface area (Å²) in [6, 6.07) is 15.0. The summed E-state index contributed by atoms with van der Waals surface area (Å²) in [6.45, 7) is 2.19. The first-order chi connectivity index (χ1) is 13.2. The molecule has 6 nitrogen and oxygen atoms in total. The van der Waals surface area contributed by atoms with Gasteiger partial charge in [-0.1, -0.05) is 0 Å². The van der Waals surface area contributed by atoms with Crippen LogP contribution in [0.2, 0.25) is 0 Å². The third-order valence-electron chi connectivity index (χ3n) is 4.98. The monoisotopic (exact) mass is 378 g/mol. The van der Waals surface area contributed by atoms with Crippen LogP contribution in [-0.4, -0.2) is 36.4 Å². The predicted octanol–water partition coefficient (Wildman–Crippen LogP) is 3.94. The second kappa shape index (κ2) is 7.82. The second-order valence-electron chi connectivity index (χ2n) is 6.74. The smallest absolute Gasteiger partial charge is 0.152 e. The molecule has 1 saturated heterocycles. The maximum absolute atomic E-state index is 8.95. The summed E-state index contributed by atoms with van der Waals surface area (Å²) in [5.41, 5.74) is 3.82. The zero-order chi connectivity index (χ0) is 18.6. The number of benzene rings is 1. The summed E-state index contributed by atoms with van der Waals surface area (Å²) in [5.74, 6) is 0.761. The number of aromatic amines is 1. The van der Waals surface area contributed by atoms with E-state index in [1.54, 1.807) is 0 Å². The standard InChI is InChI=1S/C20H22N6S/c1-26(17-6-8-22-9-7-17)16-4-2-15(3-5-16)23-20-11-18(24-25-20)19-10-14(12-21)13-27-19/h2-5,10-11,13,17,22H,6-9H2,1H3,(H2,23,24,25). The second-order valence-corrected chi connectivity index (χ2v) is 7.65. The van der Waals surface area contributed by atoms with Crippen LogP contribution in [0.3, 0.4) is 0 Å². The normalized spacial score (nSPS) is 14.7. The average molecular weight is 379 g/mol. The van der Waals surface area contributed by atoms with Crippen LogP contribution < -0.4 is 15.5 Å². The fourth-order valence-corrected chi connectivity index (χ4v) is 4.18. The minimum Gasteiger partial charge on any atom is -0.372 e. The first-order valence-corrected chi connectivity index (χ1v) is 9.96. The topological polar surface area (TPSA) is 79.8 Å². The van der Waals surface area contributed by atoms with E-state index in [0.29, 0.717) is 11.6 Å². The molecule has 4 rings (SSSR count). The molecular formula is C20H22N6S. The maximum Gasteiger partial charge on any atom is 0.152 e. The van der Waals surface area contributed by atoms with Crippen molar-refractivity contribution >= 4 is 28.5 Å². The summed E-state index contributed by atoms with van der Waals surface area (Å²) in [7, 11) is 2.18. The fourth-order valence-electron chi connectivity index (χ4n) is 3.38. The lowest BCUT2D eigenvalue weighted by molar-refractivity contribution is 0.443. The van der Waals surface area contributed by atoms with Crippen molar-refractivity contribution < 1.29 is 0 Å². The molecule has 1 aromatic carbocycles. The van der Waals surface area contributed by atoms with Gasteiger partial charge in [0.15, 0.2) is 5.82 Å². The molecular weight excluding hydrogens is 356 g/mol. The molecule has 0 aliphatic carbocycles. The Hall–Kier alpha value is -2.82. The van der Waals surface area contributed by atoms with E-state index in [9.17, 15) is 0 Å². The zero-order valence-electron chi connectivity index (χ0n) is 15.2. The van der Waals surface area contributed by atoms with Gasteiger partial charge in [0.2, 0.25) is 0 Å². The maximum atomic E-state index is 8.95. The number of rotatable bonds is 5. The summed E-state index contributed by atoms with van der Waals surface area (Å²) in [6.07, 6.45) is 2.37. The Morgan fingerprint density at radius 2 is 2.00 bits per heavy atom. The van der Waals surface area contributed by atoms with Crippen LogP contribution >= 0.6 is 11.3 Å². The molecule has 0 unspecified atom stereocenters. The minimum absolute atomic E-state index is 0.600. The van der Waals surface area contributed by atoms with Gasteiger partial charge in [0.1, 0.15) is 6.07 Å². The Balaban J connectivity index is 1.42. The predicted molar refractivity (Wildman–Crippen MR) is 111 cm³/mol. The average Bonchev–Trinajstić information content (AvgIpc) is 3.38. The van der Waals surface area contributed by atoms with Crippen LogP contribution in [0.4, 0.5) is 17.2 Å². The Labute approximate surface area is 162 Å². The van der Waals surface area contributed by atoms with E-state index in [-0.39, 0.29) is 0 Å². The van der Waals surface area contributed by atoms with Gasteiger partial charge in [-0.2, -0.15) is 10.4 Å². The van der Waals surface area contributed by atoms with Crippen LogP contribution in [0.5, 0.6) is 0 Å². The van der Waals surface area contributed by atoms with Crippen molar-refractivity contribution in [2.45, 2.75) is 18.9 Å². The quantitative estimate of drug-likeness (QED) is 0.627. The van der Waals surface area contributed by atoms with Crippen molar-refractivity contribution in [2.75, 3.05) is 30.4 Å². The number of H-pyrrole nitrogens is 1. The van der Waals surface area contributed by atoms with Gasteiger partial charge in [0.25, 0.3) is 0 Å². The highest BCUT2D eigenvalue weighted by molar-refractivity contribution is 7.13. The molecule has 3 heterocycles. The van der Waals surface area contributed by atoms with Gasteiger partial charge < -0.3 is 15.5 Å². The minimum atomic E-state index is 0.600. The molecule has 1 aliphatic heterocycles. The van der Waals surface area contributed by atoms with Gasteiger partial charge in [0, 0.05) is 35.9 Å². The van der Waals surface area contributed by atoms with Crippen LogP contribution in [0, 0.1) is 11.3 Å². The molecule has 0 bridgehead atoms. The molecule has 27 heavy (non-hydrogen) atoms. The summed E-state index contributed by atoms with van der Waals surface area (Å²) in [4.78, 5) is 3.38. The van der Waals surface area contributed by atoms with Crippen molar-refractivity contribution in [2.24, 2.45) is 0 Å². The van der Waals surface area contributed by atoms with Crippen LogP contribution in [0.15, 0.2) is 41.8 Å². The molecule has 0 spiro atoms. The van der Waals surface area contributed by atoms with Crippen molar-refractivity contribution in [1.82, 2.24) is 15.5 Å². The van der Waals surface area contributed by atoms with E-state index < -0.39 is 0 Å². The SMILES string of the molecule is CN(c1ccc(Nc2cc(-c3cc(C#N)cs3)[nH]n2)cc1)C1CCNCC1. The summed E-state index contributed by atoms with van der Waals surface area (Å²) in [5, 5.41) is 24.9. The van der Waals surface area contributed by atoms with Crippen molar-refractivity contribution in [1.29, 1.82) is 5.26 Å². The molecule has 138 valence electrons. The molecule has 3 aromatic rings. The molecule has 1 aliphatic rings. The fraction of sp³-hybridized carbons (Fsp3) is 0.300. The Morgan fingerprint density at radius 3 is 2.70 bits per heavy atom. The van der Waals surface area contributed by atoms with Gasteiger partial charge in [-0.3, -0.25) is 5.10 Å². The number of thiophene rings is 1. The third-order valence-corrected chi connectivity index (χ3v) is 5.94. The van der Waals surface area contributed by atoms with E-state index in [1.807, 2.05) is 17.5 Å². The highest BCUT2D eigenvalue weighted by Crippen LogP contribution is 2.28. The van der Waals surface area contributed by atoms with E-state index >= 15 is 0 Å². The highest BCUT2D eigenvalue weighted by atomic mass is 32.1. The molecule has 0 amide bonds. The molecule has 3 N–H and O–H groups in total. The molecule has 2 aromatic heterocycles. The highest BCUT2D eigenvalue weighted by Gasteiger charge is 2.18. The molecule has 7 heteroatoms. The summed E-state index contributed by atoms with van der Waals surface area (Å²) < 4.78 is 0. The lowest BCUT2D eigenvalue weighted by atomic mass is 10.0. The van der Waals surface area contributed by atoms with Gasteiger partial charge in [-0.25, -0.2) is 0 Å². The zero-order valence-corrected chi connectivity index (χ0v) is 16.0. The number of nitrogens with one attached hydrogen (secondary N) is 3. The van der Waals surface area contributed by atoms with Crippen LogP contribution in [-0.2, 0) is 0 Å². The number of hydrogen-bond acceptors (Lipinski definition) is 6. The largest absolute Gasteiger partial charge is 0.372 e.